The number of hydrogen-bond acceptors (Lipinski definition) is 8. The number of pyridine rings is 1. The molecule has 3 atom stereocenters. The number of methoxy groups -OCH3 is 1. The Morgan fingerprint density at radius 1 is 1.11 bits per heavy atom. The third-order valence-corrected chi connectivity index (χ3v) is 8.28. The summed E-state index contributed by atoms with van der Waals surface area (Å²) in [7, 11) is 1.66. The molecule has 1 unspecified atom stereocenters. The van der Waals surface area contributed by atoms with E-state index >= 15 is 0 Å². The molecular formula is C35H52N4O7. The summed E-state index contributed by atoms with van der Waals surface area (Å²) >= 11 is 0. The highest BCUT2D eigenvalue weighted by atomic mass is 16.6. The summed E-state index contributed by atoms with van der Waals surface area (Å²) < 4.78 is 16.8. The number of carbonyl (C=O) groups excluding carboxylic acids is 3. The molecule has 11 nitrogen and oxygen atoms in total. The average Bonchev–Trinajstić information content (AvgIpc) is 3.85. The Balaban J connectivity index is 1.58. The van der Waals surface area contributed by atoms with E-state index in [-0.39, 0.29) is 43.5 Å². The highest BCUT2D eigenvalue weighted by Gasteiger charge is 2.43. The van der Waals surface area contributed by atoms with Gasteiger partial charge in [0.1, 0.15) is 5.60 Å². The lowest BCUT2D eigenvalue weighted by Gasteiger charge is -2.39. The summed E-state index contributed by atoms with van der Waals surface area (Å²) in [6.45, 7) is 11.0. The lowest BCUT2D eigenvalue weighted by Crippen LogP contribution is -2.54. The van der Waals surface area contributed by atoms with Gasteiger partial charge in [0.2, 0.25) is 17.7 Å². The molecule has 1 saturated heterocycles. The number of rotatable bonds is 14. The van der Waals surface area contributed by atoms with Crippen LogP contribution in [0.15, 0.2) is 30.3 Å². The largest absolute Gasteiger partial charge is 0.478 e. The molecule has 1 aliphatic carbocycles. The Morgan fingerprint density at radius 3 is 2.48 bits per heavy atom. The first-order chi connectivity index (χ1) is 21.9. The number of aromatic nitrogens is 1. The molecule has 254 valence electrons. The van der Waals surface area contributed by atoms with E-state index in [1.165, 1.54) is 4.90 Å². The number of amides is 3. The second-order valence-corrected chi connectivity index (χ2v) is 14.1. The molecule has 1 aromatic carbocycles. The average molecular weight is 641 g/mol. The van der Waals surface area contributed by atoms with Crippen molar-refractivity contribution in [1.82, 2.24) is 20.1 Å². The number of benzene rings is 1. The molecule has 0 radical (unpaired) electrons. The molecule has 0 spiro atoms. The Labute approximate surface area is 272 Å². The minimum Gasteiger partial charge on any atom is -0.478 e. The standard InChI is InChI=1S/C35H52N4O7/c1-23(2)16-27(22-40)36-32(41)25-17-26(20-38(19-25)34(43)46-35(3,4)5)33(42)39(28-12-13-28)21-24-18-31(45-15-9-14-44-6)37-30-11-8-7-10-29(24)30/h7-8,10-11,18,23,25-28,40H,9,12-17,19-22H2,1-6H3,(H,36,41)/t25-,26+,27?/m0/s1. The first-order valence-electron chi connectivity index (χ1n) is 16.6. The monoisotopic (exact) mass is 640 g/mol. The molecule has 46 heavy (non-hydrogen) atoms. The molecule has 1 saturated carbocycles. The van der Waals surface area contributed by atoms with Gasteiger partial charge in [0.25, 0.3) is 0 Å². The van der Waals surface area contributed by atoms with E-state index in [9.17, 15) is 19.5 Å². The molecule has 2 N–H and O–H groups in total. The van der Waals surface area contributed by atoms with Gasteiger partial charge >= 0.3 is 6.09 Å². The molecule has 11 heteroatoms. The first kappa shape index (κ1) is 35.4. The molecule has 4 rings (SSSR count). The van der Waals surface area contributed by atoms with Crippen molar-refractivity contribution in [2.45, 2.75) is 91.0 Å². The van der Waals surface area contributed by atoms with Crippen molar-refractivity contribution in [3.05, 3.63) is 35.9 Å². The smallest absolute Gasteiger partial charge is 0.410 e. The van der Waals surface area contributed by atoms with Gasteiger partial charge in [-0.25, -0.2) is 9.78 Å². The van der Waals surface area contributed by atoms with Crippen molar-refractivity contribution >= 4 is 28.8 Å². The van der Waals surface area contributed by atoms with E-state index in [0.29, 0.717) is 38.5 Å². The van der Waals surface area contributed by atoms with Gasteiger partial charge in [0.15, 0.2) is 0 Å². The summed E-state index contributed by atoms with van der Waals surface area (Å²) in [4.78, 5) is 49.3. The zero-order valence-electron chi connectivity index (χ0n) is 28.3. The van der Waals surface area contributed by atoms with Crippen LogP contribution in [0, 0.1) is 17.8 Å². The van der Waals surface area contributed by atoms with E-state index < -0.39 is 29.6 Å². The molecule has 0 bridgehead atoms. The van der Waals surface area contributed by atoms with Crippen LogP contribution in [0.25, 0.3) is 10.9 Å². The Bertz CT molecular complexity index is 1340. The number of fused-ring (bicyclic) bond motifs is 1. The molecule has 3 amide bonds. The number of hydrogen-bond donors (Lipinski definition) is 2. The zero-order chi connectivity index (χ0) is 33.4. The minimum absolute atomic E-state index is 0.0829. The van der Waals surface area contributed by atoms with Crippen LogP contribution in [0.4, 0.5) is 4.79 Å². The SMILES string of the molecule is COCCCOc1cc(CN(C(=O)[C@@H]2C[C@H](C(=O)NC(CO)CC(C)C)CN(C(=O)OC(C)(C)C)C2)C2CC2)c2ccccc2n1. The Hall–Kier alpha value is -3.44. The van der Waals surface area contributed by atoms with Crippen molar-refractivity contribution in [3.8, 4) is 5.88 Å². The van der Waals surface area contributed by atoms with Crippen LogP contribution in [0.1, 0.15) is 72.3 Å². The van der Waals surface area contributed by atoms with Gasteiger partial charge in [-0.3, -0.25) is 9.59 Å². The number of ether oxygens (including phenoxy) is 3. The van der Waals surface area contributed by atoms with Crippen LogP contribution in [0.3, 0.4) is 0 Å². The molecule has 2 aromatic rings. The third kappa shape index (κ3) is 10.0. The first-order valence-corrected chi connectivity index (χ1v) is 16.6. The van der Waals surface area contributed by atoms with Crippen LogP contribution in [0.5, 0.6) is 5.88 Å². The fraction of sp³-hybridized carbons (Fsp3) is 0.657. The fourth-order valence-corrected chi connectivity index (χ4v) is 6.01. The lowest BCUT2D eigenvalue weighted by atomic mass is 9.87. The second kappa shape index (κ2) is 15.9. The van der Waals surface area contributed by atoms with Gasteiger partial charge in [-0.2, -0.15) is 0 Å². The van der Waals surface area contributed by atoms with E-state index in [2.05, 4.69) is 10.3 Å². The normalized spacial score (nSPS) is 19.2. The lowest BCUT2D eigenvalue weighted by molar-refractivity contribution is -0.140. The number of para-hydroxylation sites is 1. The maximum atomic E-state index is 14.4. The molecule has 2 heterocycles. The van der Waals surface area contributed by atoms with E-state index in [1.807, 2.05) is 49.1 Å². The fourth-order valence-electron chi connectivity index (χ4n) is 6.01. The maximum absolute atomic E-state index is 14.4. The summed E-state index contributed by atoms with van der Waals surface area (Å²) in [5.74, 6) is -0.779. The van der Waals surface area contributed by atoms with Gasteiger partial charge in [0.05, 0.1) is 36.6 Å². The van der Waals surface area contributed by atoms with Crippen LogP contribution in [-0.4, -0.2) is 95.5 Å². The highest BCUT2D eigenvalue weighted by molar-refractivity contribution is 5.86. The topological polar surface area (TPSA) is 131 Å². The zero-order valence-corrected chi connectivity index (χ0v) is 28.3. The van der Waals surface area contributed by atoms with Gasteiger partial charge in [-0.15, -0.1) is 0 Å². The Morgan fingerprint density at radius 2 is 1.83 bits per heavy atom. The third-order valence-electron chi connectivity index (χ3n) is 8.28. The number of nitrogens with zero attached hydrogens (tertiary/aromatic N) is 3. The van der Waals surface area contributed by atoms with Crippen molar-refractivity contribution in [2.75, 3.05) is 40.0 Å². The number of aliphatic hydroxyl groups excluding tert-OH is 1. The van der Waals surface area contributed by atoms with Crippen molar-refractivity contribution in [2.24, 2.45) is 17.8 Å². The predicted molar refractivity (Wildman–Crippen MR) is 175 cm³/mol. The van der Waals surface area contributed by atoms with Crippen LogP contribution in [0.2, 0.25) is 0 Å². The van der Waals surface area contributed by atoms with Gasteiger partial charge in [-0.1, -0.05) is 32.0 Å². The predicted octanol–water partition coefficient (Wildman–Crippen LogP) is 4.54. The highest BCUT2D eigenvalue weighted by Crippen LogP contribution is 2.35. The number of carbonyl (C=O) groups is 3. The van der Waals surface area contributed by atoms with Gasteiger partial charge < -0.3 is 34.4 Å². The second-order valence-electron chi connectivity index (χ2n) is 14.1. The maximum Gasteiger partial charge on any atom is 0.410 e. The van der Waals surface area contributed by atoms with Crippen molar-refractivity contribution in [3.63, 3.8) is 0 Å². The van der Waals surface area contributed by atoms with Crippen LogP contribution in [-0.2, 0) is 25.6 Å². The van der Waals surface area contributed by atoms with Crippen molar-refractivity contribution < 1.29 is 33.7 Å². The minimum atomic E-state index is -0.725. The van der Waals surface area contributed by atoms with Crippen LogP contribution >= 0.6 is 0 Å². The van der Waals surface area contributed by atoms with Gasteiger partial charge in [0, 0.05) is 57.3 Å². The summed E-state index contributed by atoms with van der Waals surface area (Å²) in [5, 5.41) is 13.8. The Kier molecular flexibility index (Phi) is 12.2. The van der Waals surface area contributed by atoms with Gasteiger partial charge in [-0.05, 0) is 64.0 Å². The number of likely N-dealkylation sites (tertiary alicyclic amines) is 1. The summed E-state index contributed by atoms with van der Waals surface area (Å²) in [6, 6.07) is 9.42. The van der Waals surface area contributed by atoms with E-state index in [0.717, 1.165) is 35.7 Å². The number of piperidine rings is 1. The molecule has 2 aliphatic rings. The molecule has 1 aromatic heterocycles. The van der Waals surface area contributed by atoms with E-state index in [1.54, 1.807) is 27.9 Å². The van der Waals surface area contributed by atoms with Crippen molar-refractivity contribution in [1.29, 1.82) is 0 Å². The quantitative estimate of drug-likeness (QED) is 0.288. The number of nitrogens with one attached hydrogen (secondary N) is 1. The van der Waals surface area contributed by atoms with Crippen LogP contribution < -0.4 is 10.1 Å². The van der Waals surface area contributed by atoms with E-state index in [4.69, 9.17) is 14.2 Å². The summed E-state index contributed by atoms with van der Waals surface area (Å²) in [5.41, 5.74) is 0.994. The molecular weight excluding hydrogens is 588 g/mol. The summed E-state index contributed by atoms with van der Waals surface area (Å²) in [6.07, 6.45) is 2.91. The molecule has 2 fully saturated rings. The number of aliphatic hydroxyl groups is 1. The molecule has 1 aliphatic heterocycles.